The van der Waals surface area contributed by atoms with E-state index in [0.717, 1.165) is 16.9 Å². The number of phenolic OH excluding ortho intramolecular Hbond substituents is 1. The van der Waals surface area contributed by atoms with Crippen molar-refractivity contribution in [1.29, 1.82) is 0 Å². The molecule has 1 heterocycles. The average molecular weight is 438 g/mol. The molecule has 0 radical (unpaired) electrons. The molecule has 0 aliphatic carbocycles. The molecule has 0 aliphatic rings. The molecule has 0 aliphatic heterocycles. The summed E-state index contributed by atoms with van der Waals surface area (Å²) in [7, 11) is 0. The predicted molar refractivity (Wildman–Crippen MR) is 118 cm³/mol. The van der Waals surface area contributed by atoms with Gasteiger partial charge in [-0.1, -0.05) is 37.2 Å². The molecule has 7 heteroatoms. The maximum Gasteiger partial charge on any atom is 0.335 e. The molecule has 1 aromatic heterocycles. The number of pyridine rings is 1. The van der Waals surface area contributed by atoms with Gasteiger partial charge in [-0.3, -0.25) is 4.79 Å². The summed E-state index contributed by atoms with van der Waals surface area (Å²) in [5.74, 6) is -0.640. The van der Waals surface area contributed by atoms with E-state index in [1.807, 2.05) is 31.2 Å². The second-order valence-corrected chi connectivity index (χ2v) is 8.06. The Morgan fingerprint density at radius 2 is 1.94 bits per heavy atom. The highest BCUT2D eigenvalue weighted by molar-refractivity contribution is 7.99. The second kappa shape index (κ2) is 10.1. The number of nitrogens with zero attached hydrogens (tertiary/aromatic N) is 1. The molecule has 0 atom stereocenters. The van der Waals surface area contributed by atoms with Crippen molar-refractivity contribution in [1.82, 2.24) is 4.98 Å². The third-order valence-corrected chi connectivity index (χ3v) is 5.54. The third kappa shape index (κ3) is 5.64. The number of Topliss-reactive ketones (excluding diaryl/α,β-unsaturated/α-hetero) is 1. The molecule has 3 rings (SSSR count). The number of rotatable bonds is 9. The van der Waals surface area contributed by atoms with Gasteiger partial charge in [-0.2, -0.15) is 0 Å². The number of benzene rings is 2. The zero-order chi connectivity index (χ0) is 22.4. The van der Waals surface area contributed by atoms with Gasteiger partial charge in [0.05, 0.1) is 11.1 Å². The number of carboxylic acid groups (broad SMARTS) is 1. The Morgan fingerprint density at radius 3 is 2.65 bits per heavy atom. The van der Waals surface area contributed by atoms with Crippen LogP contribution in [0.15, 0.2) is 64.6 Å². The number of carbonyl (C=O) groups is 2. The van der Waals surface area contributed by atoms with Crippen LogP contribution < -0.4 is 4.74 Å². The van der Waals surface area contributed by atoms with Crippen molar-refractivity contribution in [3.63, 3.8) is 0 Å². The summed E-state index contributed by atoms with van der Waals surface area (Å²) in [5.41, 5.74) is 2.03. The van der Waals surface area contributed by atoms with Crippen molar-refractivity contribution in [3.8, 4) is 11.5 Å². The van der Waals surface area contributed by atoms with E-state index in [1.54, 1.807) is 12.1 Å². The Balaban J connectivity index is 1.76. The standard InChI is InChI=1S/C24H23NO5S/c1-3-5-20-21(9-8-19(15(2)26)23(20)27)30-14-16-6-4-7-18(12-16)31-22-13-17(24(28)29)10-11-25-22/h4,6-13,27H,3,5,14H2,1-2H3,(H,28,29). The molecule has 6 nitrogen and oxygen atoms in total. The number of aromatic nitrogens is 1. The van der Waals surface area contributed by atoms with Crippen LogP contribution in [-0.4, -0.2) is 26.9 Å². The number of aromatic carboxylic acids is 1. The maximum atomic E-state index is 11.7. The minimum Gasteiger partial charge on any atom is -0.507 e. The Kier molecular flexibility index (Phi) is 7.31. The molecule has 31 heavy (non-hydrogen) atoms. The van der Waals surface area contributed by atoms with Crippen LogP contribution in [-0.2, 0) is 13.0 Å². The monoisotopic (exact) mass is 437 g/mol. The first kappa shape index (κ1) is 22.4. The Labute approximate surface area is 184 Å². The SMILES string of the molecule is CCCc1c(OCc2cccc(Sc3cc(C(=O)O)ccn3)c2)ccc(C(C)=O)c1O. The Bertz CT molecular complexity index is 1110. The van der Waals surface area contributed by atoms with Gasteiger partial charge in [-0.25, -0.2) is 9.78 Å². The van der Waals surface area contributed by atoms with Gasteiger partial charge in [0.1, 0.15) is 23.1 Å². The summed E-state index contributed by atoms with van der Waals surface area (Å²) in [6, 6.07) is 14.0. The lowest BCUT2D eigenvalue weighted by Crippen LogP contribution is -2.02. The molecule has 0 saturated heterocycles. The van der Waals surface area contributed by atoms with Gasteiger partial charge in [0.25, 0.3) is 0 Å². The summed E-state index contributed by atoms with van der Waals surface area (Å²) in [6.45, 7) is 3.71. The molecule has 0 unspecified atom stereocenters. The molecule has 0 saturated carbocycles. The lowest BCUT2D eigenvalue weighted by Gasteiger charge is -2.15. The average Bonchev–Trinajstić information content (AvgIpc) is 2.74. The van der Waals surface area contributed by atoms with Crippen molar-refractivity contribution >= 4 is 23.5 Å². The van der Waals surface area contributed by atoms with Crippen molar-refractivity contribution in [3.05, 3.63) is 77.0 Å². The van der Waals surface area contributed by atoms with Crippen LogP contribution in [0.5, 0.6) is 11.5 Å². The molecule has 2 N–H and O–H groups in total. The number of ketones is 1. The van der Waals surface area contributed by atoms with E-state index in [2.05, 4.69) is 4.98 Å². The van der Waals surface area contributed by atoms with Gasteiger partial charge in [0.15, 0.2) is 5.78 Å². The molecule has 160 valence electrons. The van der Waals surface area contributed by atoms with Gasteiger partial charge >= 0.3 is 5.97 Å². The summed E-state index contributed by atoms with van der Waals surface area (Å²) in [4.78, 5) is 28.0. The predicted octanol–water partition coefficient (Wildman–Crippen LogP) is 5.37. The zero-order valence-corrected chi connectivity index (χ0v) is 18.1. The van der Waals surface area contributed by atoms with E-state index in [4.69, 9.17) is 9.84 Å². The van der Waals surface area contributed by atoms with E-state index in [1.165, 1.54) is 37.0 Å². The van der Waals surface area contributed by atoms with Crippen molar-refractivity contribution < 1.29 is 24.5 Å². The molecule has 0 bridgehead atoms. The fraction of sp³-hybridized carbons (Fsp3) is 0.208. The second-order valence-electron chi connectivity index (χ2n) is 6.97. The topological polar surface area (TPSA) is 96.7 Å². The van der Waals surface area contributed by atoms with Crippen molar-refractivity contribution in [2.75, 3.05) is 0 Å². The largest absolute Gasteiger partial charge is 0.507 e. The van der Waals surface area contributed by atoms with Gasteiger partial charge in [-0.05, 0) is 55.3 Å². The normalized spacial score (nSPS) is 10.6. The van der Waals surface area contributed by atoms with Crippen molar-refractivity contribution in [2.24, 2.45) is 0 Å². The van der Waals surface area contributed by atoms with E-state index < -0.39 is 5.97 Å². The number of hydrogen-bond donors (Lipinski definition) is 2. The smallest absolute Gasteiger partial charge is 0.335 e. The first-order chi connectivity index (χ1) is 14.9. The highest BCUT2D eigenvalue weighted by Crippen LogP contribution is 2.34. The Morgan fingerprint density at radius 1 is 1.13 bits per heavy atom. The first-order valence-electron chi connectivity index (χ1n) is 9.83. The van der Waals surface area contributed by atoms with Crippen LogP contribution >= 0.6 is 11.8 Å². The van der Waals surface area contributed by atoms with E-state index in [-0.39, 0.29) is 23.7 Å². The summed E-state index contributed by atoms with van der Waals surface area (Å²) in [6.07, 6.45) is 2.88. The van der Waals surface area contributed by atoms with E-state index >= 15 is 0 Å². The van der Waals surface area contributed by atoms with Crippen LogP contribution in [0.1, 0.15) is 52.1 Å². The fourth-order valence-electron chi connectivity index (χ4n) is 3.11. The molecule has 0 amide bonds. The van der Waals surface area contributed by atoms with Gasteiger partial charge in [-0.15, -0.1) is 0 Å². The minimum absolute atomic E-state index is 0.0134. The number of phenols is 1. The third-order valence-electron chi connectivity index (χ3n) is 4.62. The molecule has 0 fully saturated rings. The molecule has 3 aromatic rings. The highest BCUT2D eigenvalue weighted by atomic mass is 32.2. The number of hydrogen-bond acceptors (Lipinski definition) is 6. The van der Waals surface area contributed by atoms with E-state index in [0.29, 0.717) is 28.3 Å². The maximum absolute atomic E-state index is 11.7. The summed E-state index contributed by atoms with van der Waals surface area (Å²) < 4.78 is 5.97. The zero-order valence-electron chi connectivity index (χ0n) is 17.3. The molecular weight excluding hydrogens is 414 g/mol. The molecule has 0 spiro atoms. The number of ether oxygens (including phenoxy) is 1. The van der Waals surface area contributed by atoms with E-state index in [9.17, 15) is 14.7 Å². The van der Waals surface area contributed by atoms with Gasteiger partial charge in [0, 0.05) is 16.7 Å². The van der Waals surface area contributed by atoms with Gasteiger partial charge < -0.3 is 14.9 Å². The van der Waals surface area contributed by atoms with Crippen LogP contribution in [0, 0.1) is 0 Å². The Hall–Kier alpha value is -3.32. The fourth-order valence-corrected chi connectivity index (χ4v) is 4.01. The van der Waals surface area contributed by atoms with Crippen LogP contribution in [0.25, 0.3) is 0 Å². The molecular formula is C24H23NO5S. The first-order valence-corrected chi connectivity index (χ1v) is 10.7. The number of carbonyl (C=O) groups excluding carboxylic acids is 1. The van der Waals surface area contributed by atoms with Crippen LogP contribution in [0.4, 0.5) is 0 Å². The lowest BCUT2D eigenvalue weighted by molar-refractivity contribution is 0.0696. The minimum atomic E-state index is -0.992. The number of carboxylic acids is 1. The summed E-state index contributed by atoms with van der Waals surface area (Å²) in [5, 5.41) is 20.2. The summed E-state index contributed by atoms with van der Waals surface area (Å²) >= 11 is 1.37. The number of aromatic hydroxyl groups is 1. The van der Waals surface area contributed by atoms with Crippen LogP contribution in [0.3, 0.4) is 0 Å². The lowest BCUT2D eigenvalue weighted by atomic mass is 10.0. The molecule has 2 aromatic carbocycles. The van der Waals surface area contributed by atoms with Gasteiger partial charge in [0.2, 0.25) is 0 Å². The van der Waals surface area contributed by atoms with Crippen LogP contribution in [0.2, 0.25) is 0 Å². The quantitative estimate of drug-likeness (QED) is 0.434. The highest BCUT2D eigenvalue weighted by Gasteiger charge is 2.16. The van der Waals surface area contributed by atoms with Crippen molar-refractivity contribution in [2.45, 2.75) is 43.2 Å².